The van der Waals surface area contributed by atoms with Gasteiger partial charge in [0.2, 0.25) is 0 Å². The Bertz CT molecular complexity index is 719. The number of methoxy groups -OCH3 is 4. The molecular weight excluding hydrogens is 358 g/mol. The first kappa shape index (κ1) is 21.4. The highest BCUT2D eigenvalue weighted by molar-refractivity contribution is 5.55. The molecule has 0 bridgehead atoms. The van der Waals surface area contributed by atoms with Crippen LogP contribution in [0, 0.1) is 6.92 Å². The van der Waals surface area contributed by atoms with Gasteiger partial charge in [0.1, 0.15) is 0 Å². The molecule has 1 N–H and O–H groups in total. The van der Waals surface area contributed by atoms with E-state index >= 15 is 0 Å². The quantitative estimate of drug-likeness (QED) is 0.775. The lowest BCUT2D eigenvalue weighted by molar-refractivity contribution is -0.293. The van der Waals surface area contributed by atoms with Gasteiger partial charge in [0.15, 0.2) is 17.3 Å². The molecule has 1 saturated carbocycles. The first-order valence-corrected chi connectivity index (χ1v) is 9.99. The molecule has 158 valence electrons. The van der Waals surface area contributed by atoms with Crippen LogP contribution in [0.25, 0.3) is 0 Å². The fourth-order valence-corrected chi connectivity index (χ4v) is 5.85. The van der Waals surface area contributed by atoms with Crippen molar-refractivity contribution in [1.29, 1.82) is 0 Å². The molecule has 1 heterocycles. The largest absolute Gasteiger partial charge is 0.504 e. The Morgan fingerprint density at radius 2 is 1.71 bits per heavy atom. The van der Waals surface area contributed by atoms with E-state index in [0.29, 0.717) is 12.2 Å². The zero-order valence-corrected chi connectivity index (χ0v) is 18.3. The van der Waals surface area contributed by atoms with Crippen molar-refractivity contribution in [3.8, 4) is 11.5 Å². The molecule has 3 rings (SSSR count). The number of aromatic hydroxyl groups is 1. The second kappa shape index (κ2) is 7.48. The lowest BCUT2D eigenvalue weighted by Gasteiger charge is -2.64. The fraction of sp³-hybridized carbons (Fsp3) is 0.727. The minimum atomic E-state index is -0.700. The lowest BCUT2D eigenvalue weighted by atomic mass is 9.52. The molecule has 6 heteroatoms. The van der Waals surface area contributed by atoms with Gasteiger partial charge in [0.05, 0.1) is 12.7 Å². The number of fused-ring (bicyclic) bond motifs is 1. The Hall–Kier alpha value is -1.34. The van der Waals surface area contributed by atoms with Gasteiger partial charge < -0.3 is 29.0 Å². The molecule has 0 spiro atoms. The van der Waals surface area contributed by atoms with Gasteiger partial charge in [-0.15, -0.1) is 0 Å². The van der Waals surface area contributed by atoms with Gasteiger partial charge >= 0.3 is 0 Å². The minimum Gasteiger partial charge on any atom is -0.504 e. The summed E-state index contributed by atoms with van der Waals surface area (Å²) in [6.45, 7) is 5.18. The molecule has 1 saturated heterocycles. The number of phenols is 1. The number of phenolic OH excluding ortho intramolecular Hbond substituents is 1. The van der Waals surface area contributed by atoms with Gasteiger partial charge in [0, 0.05) is 51.2 Å². The number of likely N-dealkylation sites (N-methyl/N-ethyl adjacent to an activating group) is 1. The summed E-state index contributed by atoms with van der Waals surface area (Å²) in [4.78, 5) is 2.33. The van der Waals surface area contributed by atoms with Crippen molar-refractivity contribution in [2.24, 2.45) is 0 Å². The van der Waals surface area contributed by atoms with Crippen LogP contribution >= 0.6 is 0 Å². The van der Waals surface area contributed by atoms with Crippen molar-refractivity contribution in [3.05, 3.63) is 23.3 Å². The Morgan fingerprint density at radius 1 is 1.04 bits per heavy atom. The van der Waals surface area contributed by atoms with Gasteiger partial charge in [0.25, 0.3) is 0 Å². The van der Waals surface area contributed by atoms with E-state index in [-0.39, 0.29) is 17.2 Å². The number of aryl methyl sites for hydroxylation is 1. The highest BCUT2D eigenvalue weighted by Crippen LogP contribution is 2.61. The first-order valence-electron chi connectivity index (χ1n) is 9.99. The van der Waals surface area contributed by atoms with E-state index in [1.165, 1.54) is 0 Å². The van der Waals surface area contributed by atoms with Crippen molar-refractivity contribution in [3.63, 3.8) is 0 Å². The third-order valence-electron chi connectivity index (χ3n) is 7.66. The monoisotopic (exact) mass is 393 g/mol. The molecule has 2 fully saturated rings. The van der Waals surface area contributed by atoms with E-state index in [9.17, 15) is 5.11 Å². The molecule has 28 heavy (non-hydrogen) atoms. The second-order valence-corrected chi connectivity index (χ2v) is 8.39. The third-order valence-corrected chi connectivity index (χ3v) is 7.66. The maximum absolute atomic E-state index is 11.2. The van der Waals surface area contributed by atoms with E-state index < -0.39 is 11.4 Å². The summed E-state index contributed by atoms with van der Waals surface area (Å²) in [6, 6.07) is 3.97. The molecule has 1 aromatic carbocycles. The summed E-state index contributed by atoms with van der Waals surface area (Å²) in [7, 11) is 8.90. The van der Waals surface area contributed by atoms with Crippen LogP contribution in [0.2, 0.25) is 0 Å². The van der Waals surface area contributed by atoms with Gasteiger partial charge in [-0.3, -0.25) is 0 Å². The molecule has 2 unspecified atom stereocenters. The molecule has 0 aromatic heterocycles. The van der Waals surface area contributed by atoms with Gasteiger partial charge in [-0.2, -0.15) is 0 Å². The van der Waals surface area contributed by atoms with Crippen LogP contribution in [0.3, 0.4) is 0 Å². The molecule has 1 aliphatic heterocycles. The number of hydrogen-bond donors (Lipinski definition) is 1. The number of piperidine rings is 1. The summed E-state index contributed by atoms with van der Waals surface area (Å²) in [5.74, 6) is 0.0267. The number of rotatable bonds is 5. The van der Waals surface area contributed by atoms with E-state index in [1.807, 2.05) is 12.1 Å². The van der Waals surface area contributed by atoms with Crippen LogP contribution < -0.4 is 4.74 Å². The zero-order chi connectivity index (χ0) is 20.7. The van der Waals surface area contributed by atoms with Crippen LogP contribution in [0.4, 0.5) is 0 Å². The first-order chi connectivity index (χ1) is 13.3. The SMILES string of the molecule is COc1ccc(C)c([C@@]23CCN(C)C(C)C2(OC)CC(OC)(OC)CC3)c1O. The van der Waals surface area contributed by atoms with E-state index in [0.717, 1.165) is 36.9 Å². The minimum absolute atomic E-state index is 0.112. The summed E-state index contributed by atoms with van der Waals surface area (Å²) in [6.07, 6.45) is 3.00. The third kappa shape index (κ3) is 2.76. The van der Waals surface area contributed by atoms with Crippen LogP contribution in [-0.2, 0) is 19.6 Å². The Balaban J connectivity index is 2.28. The van der Waals surface area contributed by atoms with Gasteiger partial charge in [-0.25, -0.2) is 0 Å². The normalized spacial score (nSPS) is 32.8. The maximum atomic E-state index is 11.2. The molecule has 0 radical (unpaired) electrons. The maximum Gasteiger partial charge on any atom is 0.170 e. The zero-order valence-electron chi connectivity index (χ0n) is 18.3. The molecule has 0 amide bonds. The van der Waals surface area contributed by atoms with Crippen molar-refractivity contribution < 1.29 is 24.1 Å². The molecule has 6 nitrogen and oxygen atoms in total. The van der Waals surface area contributed by atoms with E-state index in [1.54, 1.807) is 28.4 Å². The Morgan fingerprint density at radius 3 is 2.29 bits per heavy atom. The van der Waals surface area contributed by atoms with Crippen molar-refractivity contribution in [1.82, 2.24) is 4.90 Å². The van der Waals surface area contributed by atoms with Gasteiger partial charge in [-0.05, 0) is 51.9 Å². The molecular formula is C22H35NO5. The predicted octanol–water partition coefficient (Wildman–Crippen LogP) is 3.23. The number of benzene rings is 1. The smallest absolute Gasteiger partial charge is 0.170 e. The van der Waals surface area contributed by atoms with Crippen LogP contribution in [0.5, 0.6) is 11.5 Å². The summed E-state index contributed by atoms with van der Waals surface area (Å²) in [5, 5.41) is 11.2. The van der Waals surface area contributed by atoms with Crippen LogP contribution in [-0.4, -0.2) is 69.5 Å². The molecule has 1 aromatic rings. The van der Waals surface area contributed by atoms with Gasteiger partial charge in [-0.1, -0.05) is 6.07 Å². The highest BCUT2D eigenvalue weighted by atomic mass is 16.7. The topological polar surface area (TPSA) is 60.4 Å². The predicted molar refractivity (Wildman–Crippen MR) is 108 cm³/mol. The molecule has 1 aliphatic carbocycles. The number of ether oxygens (including phenoxy) is 4. The summed E-state index contributed by atoms with van der Waals surface area (Å²) >= 11 is 0. The lowest BCUT2D eigenvalue weighted by Crippen LogP contribution is -2.72. The number of likely N-dealkylation sites (tertiary alicyclic amines) is 1. The van der Waals surface area contributed by atoms with Crippen LogP contribution in [0.1, 0.15) is 43.7 Å². The Labute approximate surface area is 168 Å². The molecule has 2 aliphatic rings. The standard InChI is InChI=1S/C22H35NO5/c1-15-8-9-17(25-4)19(24)18(15)20-10-11-21(26-5,27-6)14-22(20,28-7)16(2)23(3)13-12-20/h8-9,16,24H,10-14H2,1-7H3/t16?,20-,22?/m1/s1. The number of hydrogen-bond acceptors (Lipinski definition) is 6. The van der Waals surface area contributed by atoms with E-state index in [2.05, 4.69) is 25.8 Å². The molecule has 3 atom stereocenters. The van der Waals surface area contributed by atoms with Crippen LogP contribution in [0.15, 0.2) is 12.1 Å². The summed E-state index contributed by atoms with van der Waals surface area (Å²) in [5.41, 5.74) is 1.05. The van der Waals surface area contributed by atoms with Crippen molar-refractivity contribution in [2.75, 3.05) is 42.0 Å². The van der Waals surface area contributed by atoms with Crippen molar-refractivity contribution >= 4 is 0 Å². The van der Waals surface area contributed by atoms with E-state index in [4.69, 9.17) is 18.9 Å². The van der Waals surface area contributed by atoms with Crippen molar-refractivity contribution in [2.45, 2.75) is 62.4 Å². The second-order valence-electron chi connectivity index (χ2n) is 8.39. The highest BCUT2D eigenvalue weighted by Gasteiger charge is 2.66. The summed E-state index contributed by atoms with van der Waals surface area (Å²) < 4.78 is 23.6. The average Bonchev–Trinajstić information content (AvgIpc) is 2.71. The average molecular weight is 394 g/mol. The number of nitrogens with zero attached hydrogens (tertiary/aromatic N) is 1. The Kier molecular flexibility index (Phi) is 5.71. The fourth-order valence-electron chi connectivity index (χ4n) is 5.85.